The van der Waals surface area contributed by atoms with Crippen LogP contribution in [0, 0.1) is 0 Å². The summed E-state index contributed by atoms with van der Waals surface area (Å²) in [7, 11) is 0. The van der Waals surface area contributed by atoms with Gasteiger partial charge in [0.2, 0.25) is 0 Å². The first-order valence-corrected chi connectivity index (χ1v) is 12.6. The summed E-state index contributed by atoms with van der Waals surface area (Å²) in [6.45, 7) is 4.15. The normalized spacial score (nSPS) is 14.3. The van der Waals surface area contributed by atoms with Crippen molar-refractivity contribution in [1.82, 2.24) is 10.2 Å². The SMILES string of the molecule is CCCCCCN(CC(CCF)NC(=O)OCC1c2ccccc2-c2ccccc21)C(C)C(=O)O. The Morgan fingerprint density at radius 3 is 2.26 bits per heavy atom. The predicted octanol–water partition coefficient (Wildman–Crippen LogP) is 5.61. The summed E-state index contributed by atoms with van der Waals surface area (Å²) in [6, 6.07) is 15.0. The first kappa shape index (κ1) is 26.7. The van der Waals surface area contributed by atoms with Gasteiger partial charge in [0.1, 0.15) is 12.6 Å². The molecule has 0 aliphatic heterocycles. The number of nitrogens with one attached hydrogen (secondary N) is 1. The Balaban J connectivity index is 1.61. The first-order chi connectivity index (χ1) is 17.0. The second kappa shape index (κ2) is 13.2. The zero-order valence-electron chi connectivity index (χ0n) is 20.7. The molecule has 2 atom stereocenters. The minimum atomic E-state index is -0.930. The first-order valence-electron chi connectivity index (χ1n) is 12.6. The Kier molecular flexibility index (Phi) is 10.1. The molecule has 0 aromatic heterocycles. The smallest absolute Gasteiger partial charge is 0.407 e. The number of fused-ring (bicyclic) bond motifs is 3. The second-order valence-corrected chi connectivity index (χ2v) is 9.21. The number of rotatable bonds is 14. The standard InChI is InChI=1S/C28H37FN2O4/c1-3-4-5-10-17-31(20(2)27(32)33)18-21(15-16-29)30-28(34)35-19-26-24-13-8-6-11-22(24)23-12-7-9-14-25(23)26/h6-9,11-14,20-21,26H,3-5,10,15-19H2,1-2H3,(H,30,34)(H,32,33). The Morgan fingerprint density at radius 1 is 1.06 bits per heavy atom. The number of hydrogen-bond donors (Lipinski definition) is 2. The minimum absolute atomic E-state index is 0.0603. The third-order valence-corrected chi connectivity index (χ3v) is 6.78. The van der Waals surface area contributed by atoms with Gasteiger partial charge in [0.15, 0.2) is 0 Å². The molecular weight excluding hydrogens is 447 g/mol. The van der Waals surface area contributed by atoms with E-state index in [0.29, 0.717) is 6.54 Å². The molecular formula is C28H37FN2O4. The average molecular weight is 485 g/mol. The summed E-state index contributed by atoms with van der Waals surface area (Å²) >= 11 is 0. The molecule has 1 aliphatic rings. The van der Waals surface area contributed by atoms with Gasteiger partial charge >= 0.3 is 12.1 Å². The third-order valence-electron chi connectivity index (χ3n) is 6.78. The average Bonchev–Trinajstić information content (AvgIpc) is 3.18. The topological polar surface area (TPSA) is 78.9 Å². The second-order valence-electron chi connectivity index (χ2n) is 9.21. The van der Waals surface area contributed by atoms with Gasteiger partial charge in [-0.3, -0.25) is 14.1 Å². The highest BCUT2D eigenvalue weighted by atomic mass is 19.1. The fourth-order valence-electron chi connectivity index (χ4n) is 4.77. The van der Waals surface area contributed by atoms with Crippen molar-refractivity contribution in [2.75, 3.05) is 26.4 Å². The molecule has 0 saturated carbocycles. The molecule has 2 N–H and O–H groups in total. The van der Waals surface area contributed by atoms with Crippen LogP contribution in [0.2, 0.25) is 0 Å². The predicted molar refractivity (Wildman–Crippen MR) is 135 cm³/mol. The minimum Gasteiger partial charge on any atom is -0.480 e. The molecule has 7 heteroatoms. The quantitative estimate of drug-likeness (QED) is 0.341. The molecule has 0 saturated heterocycles. The maximum atomic E-state index is 13.3. The summed E-state index contributed by atoms with van der Waals surface area (Å²) in [5, 5.41) is 12.3. The summed E-state index contributed by atoms with van der Waals surface area (Å²) in [4.78, 5) is 26.1. The van der Waals surface area contributed by atoms with Gasteiger partial charge in [-0.05, 0) is 48.6 Å². The number of aliphatic carboxylic acids is 1. The van der Waals surface area contributed by atoms with E-state index >= 15 is 0 Å². The molecule has 1 amide bonds. The van der Waals surface area contributed by atoms with E-state index < -0.39 is 30.8 Å². The van der Waals surface area contributed by atoms with Crippen LogP contribution < -0.4 is 5.32 Å². The number of amides is 1. The lowest BCUT2D eigenvalue weighted by Crippen LogP contribution is -2.49. The molecule has 6 nitrogen and oxygen atoms in total. The van der Waals surface area contributed by atoms with Crippen molar-refractivity contribution >= 4 is 12.1 Å². The van der Waals surface area contributed by atoms with Gasteiger partial charge in [-0.15, -0.1) is 0 Å². The summed E-state index contributed by atoms with van der Waals surface area (Å²) in [5.41, 5.74) is 4.54. The molecule has 2 aromatic carbocycles. The van der Waals surface area contributed by atoms with Crippen LogP contribution in [-0.2, 0) is 9.53 Å². The Bertz CT molecular complexity index is 937. The number of carbonyl (C=O) groups excluding carboxylic acids is 1. The van der Waals surface area contributed by atoms with Crippen molar-refractivity contribution in [3.05, 3.63) is 59.7 Å². The lowest BCUT2D eigenvalue weighted by molar-refractivity contribution is -0.142. The zero-order chi connectivity index (χ0) is 25.2. The van der Waals surface area contributed by atoms with Crippen molar-refractivity contribution in [2.24, 2.45) is 0 Å². The summed E-state index contributed by atoms with van der Waals surface area (Å²) in [6.07, 6.45) is 3.52. The molecule has 2 aromatic rings. The fourth-order valence-corrected chi connectivity index (χ4v) is 4.77. The molecule has 0 bridgehead atoms. The highest BCUT2D eigenvalue weighted by Crippen LogP contribution is 2.44. The van der Waals surface area contributed by atoms with E-state index in [1.165, 1.54) is 0 Å². The Morgan fingerprint density at radius 2 is 1.69 bits per heavy atom. The number of unbranched alkanes of at least 4 members (excludes halogenated alkanes) is 3. The van der Waals surface area contributed by atoms with Crippen molar-refractivity contribution in [1.29, 1.82) is 0 Å². The number of benzene rings is 2. The van der Waals surface area contributed by atoms with Crippen molar-refractivity contribution in [3.8, 4) is 11.1 Å². The zero-order valence-corrected chi connectivity index (χ0v) is 20.7. The summed E-state index contributed by atoms with van der Waals surface area (Å²) in [5.74, 6) is -0.990. The van der Waals surface area contributed by atoms with E-state index in [-0.39, 0.29) is 25.5 Å². The van der Waals surface area contributed by atoms with Crippen LogP contribution in [0.4, 0.5) is 9.18 Å². The maximum Gasteiger partial charge on any atom is 0.407 e. The van der Waals surface area contributed by atoms with E-state index in [1.54, 1.807) is 6.92 Å². The van der Waals surface area contributed by atoms with E-state index in [4.69, 9.17) is 4.74 Å². The van der Waals surface area contributed by atoms with E-state index in [2.05, 4.69) is 36.5 Å². The number of halogens is 1. The highest BCUT2D eigenvalue weighted by molar-refractivity contribution is 5.79. The lowest BCUT2D eigenvalue weighted by atomic mass is 9.98. The fraction of sp³-hybridized carbons (Fsp3) is 0.500. The molecule has 190 valence electrons. The number of ether oxygens (including phenoxy) is 1. The van der Waals surface area contributed by atoms with Gasteiger partial charge in [0.05, 0.1) is 6.67 Å². The number of hydrogen-bond acceptors (Lipinski definition) is 4. The molecule has 0 heterocycles. The van der Waals surface area contributed by atoms with Crippen LogP contribution >= 0.6 is 0 Å². The molecule has 0 radical (unpaired) electrons. The van der Waals surface area contributed by atoms with E-state index in [0.717, 1.165) is 47.9 Å². The largest absolute Gasteiger partial charge is 0.480 e. The number of alkyl carbamates (subject to hydrolysis) is 1. The van der Waals surface area contributed by atoms with Crippen molar-refractivity contribution < 1.29 is 23.8 Å². The number of alkyl halides is 1. The van der Waals surface area contributed by atoms with Gasteiger partial charge in [-0.1, -0.05) is 74.7 Å². The van der Waals surface area contributed by atoms with Gasteiger partial charge in [-0.2, -0.15) is 0 Å². The van der Waals surface area contributed by atoms with Gasteiger partial charge in [-0.25, -0.2) is 4.79 Å². The van der Waals surface area contributed by atoms with E-state index in [9.17, 15) is 19.1 Å². The highest BCUT2D eigenvalue weighted by Gasteiger charge is 2.30. The van der Waals surface area contributed by atoms with Crippen molar-refractivity contribution in [3.63, 3.8) is 0 Å². The molecule has 35 heavy (non-hydrogen) atoms. The number of carbonyl (C=O) groups is 2. The van der Waals surface area contributed by atoms with E-state index in [1.807, 2.05) is 29.2 Å². The maximum absolute atomic E-state index is 13.3. The van der Waals surface area contributed by atoms with Gasteiger partial charge < -0.3 is 15.2 Å². The lowest BCUT2D eigenvalue weighted by Gasteiger charge is -2.30. The van der Waals surface area contributed by atoms with Crippen LogP contribution in [0.15, 0.2) is 48.5 Å². The molecule has 0 spiro atoms. The molecule has 0 fully saturated rings. The third kappa shape index (κ3) is 7.04. The molecule has 1 aliphatic carbocycles. The molecule has 2 unspecified atom stereocenters. The van der Waals surface area contributed by atoms with Crippen LogP contribution in [0.3, 0.4) is 0 Å². The number of carboxylic acids is 1. The van der Waals surface area contributed by atoms with Crippen LogP contribution in [-0.4, -0.2) is 60.5 Å². The van der Waals surface area contributed by atoms with Gasteiger partial charge in [0, 0.05) is 18.5 Å². The van der Waals surface area contributed by atoms with Crippen LogP contribution in [0.5, 0.6) is 0 Å². The monoisotopic (exact) mass is 484 g/mol. The van der Waals surface area contributed by atoms with Crippen molar-refractivity contribution in [2.45, 2.75) is 64.0 Å². The Labute approximate surface area is 207 Å². The molecule has 3 rings (SSSR count). The van der Waals surface area contributed by atoms with Crippen LogP contribution in [0.1, 0.15) is 63.0 Å². The van der Waals surface area contributed by atoms with Crippen LogP contribution in [0.25, 0.3) is 11.1 Å². The number of nitrogens with zero attached hydrogens (tertiary/aromatic N) is 1. The Hall–Kier alpha value is -2.93. The van der Waals surface area contributed by atoms with Gasteiger partial charge in [0.25, 0.3) is 0 Å². The number of carboxylic acid groups (broad SMARTS) is 1. The summed E-state index contributed by atoms with van der Waals surface area (Å²) < 4.78 is 18.9.